The molecule has 94 valence electrons. The Morgan fingerprint density at radius 3 is 2.47 bits per heavy atom. The van der Waals surface area contributed by atoms with Gasteiger partial charge in [0.1, 0.15) is 0 Å². The maximum Gasteiger partial charge on any atom is 0.216 e. The summed E-state index contributed by atoms with van der Waals surface area (Å²) in [6.45, 7) is 4.61. The molecule has 4 nitrogen and oxygen atoms in total. The van der Waals surface area contributed by atoms with Crippen molar-refractivity contribution in [3.8, 4) is 0 Å². The van der Waals surface area contributed by atoms with Crippen LogP contribution in [0.2, 0.25) is 0 Å². The van der Waals surface area contributed by atoms with Gasteiger partial charge in [-0.3, -0.25) is 4.79 Å². The molecule has 17 heavy (non-hydrogen) atoms. The van der Waals surface area contributed by atoms with Crippen molar-refractivity contribution < 1.29 is 9.90 Å². The van der Waals surface area contributed by atoms with Crippen LogP contribution in [0, 0.1) is 0 Å². The molecule has 1 atom stereocenters. The fourth-order valence-electron chi connectivity index (χ4n) is 1.63. The number of nitrogens with one attached hydrogen (secondary N) is 2. The Morgan fingerprint density at radius 2 is 1.94 bits per heavy atom. The first-order valence-corrected chi connectivity index (χ1v) is 5.74. The standard InChI is InChI=1S/C13H20N2O2/c1-11(17)14-8-9-15-13(2,10-16)12-6-4-3-5-7-12/h3-7,15-16H,8-10H2,1-2H3,(H,14,17). The van der Waals surface area contributed by atoms with Crippen LogP contribution in [-0.4, -0.2) is 30.7 Å². The summed E-state index contributed by atoms with van der Waals surface area (Å²) in [7, 11) is 0. The lowest BCUT2D eigenvalue weighted by Crippen LogP contribution is -2.46. The third-order valence-electron chi connectivity index (χ3n) is 2.74. The Labute approximate surface area is 102 Å². The zero-order chi connectivity index (χ0) is 12.7. The van der Waals surface area contributed by atoms with Crippen molar-refractivity contribution in [2.75, 3.05) is 19.7 Å². The van der Waals surface area contributed by atoms with Gasteiger partial charge in [-0.2, -0.15) is 0 Å². The third-order valence-corrected chi connectivity index (χ3v) is 2.74. The molecule has 0 heterocycles. The summed E-state index contributed by atoms with van der Waals surface area (Å²) < 4.78 is 0. The van der Waals surface area contributed by atoms with Gasteiger partial charge in [-0.05, 0) is 12.5 Å². The van der Waals surface area contributed by atoms with E-state index in [1.165, 1.54) is 6.92 Å². The van der Waals surface area contributed by atoms with Crippen LogP contribution in [0.25, 0.3) is 0 Å². The first-order valence-electron chi connectivity index (χ1n) is 5.74. The maximum absolute atomic E-state index is 10.7. The Hall–Kier alpha value is -1.39. The van der Waals surface area contributed by atoms with Gasteiger partial charge in [0.25, 0.3) is 0 Å². The van der Waals surface area contributed by atoms with Crippen LogP contribution in [0.5, 0.6) is 0 Å². The second-order valence-electron chi connectivity index (χ2n) is 4.27. The Morgan fingerprint density at radius 1 is 1.29 bits per heavy atom. The second-order valence-corrected chi connectivity index (χ2v) is 4.27. The van der Waals surface area contributed by atoms with Gasteiger partial charge in [0.05, 0.1) is 12.1 Å². The number of carbonyl (C=O) groups is 1. The number of aliphatic hydroxyl groups excluding tert-OH is 1. The minimum atomic E-state index is -0.472. The normalized spacial score (nSPS) is 14.1. The Bertz CT molecular complexity index is 354. The minimum absolute atomic E-state index is 0.0110. The molecule has 0 aliphatic rings. The molecule has 3 N–H and O–H groups in total. The topological polar surface area (TPSA) is 61.4 Å². The Kier molecular flexibility index (Phi) is 5.12. The average Bonchev–Trinajstić information content (AvgIpc) is 2.35. The molecule has 1 unspecified atom stereocenters. The van der Waals surface area contributed by atoms with Gasteiger partial charge in [0, 0.05) is 20.0 Å². The first-order chi connectivity index (χ1) is 8.08. The highest BCUT2D eigenvalue weighted by atomic mass is 16.3. The SMILES string of the molecule is CC(=O)NCCNC(C)(CO)c1ccccc1. The largest absolute Gasteiger partial charge is 0.394 e. The fourth-order valence-corrected chi connectivity index (χ4v) is 1.63. The molecule has 0 saturated heterocycles. The predicted octanol–water partition coefficient (Wildman–Crippen LogP) is 0.620. The molecule has 0 fully saturated rings. The average molecular weight is 236 g/mol. The summed E-state index contributed by atoms with van der Waals surface area (Å²) in [6.07, 6.45) is 0. The highest BCUT2D eigenvalue weighted by Gasteiger charge is 2.24. The number of benzene rings is 1. The number of carbonyl (C=O) groups excluding carboxylic acids is 1. The monoisotopic (exact) mass is 236 g/mol. The molecule has 0 bridgehead atoms. The molecular formula is C13H20N2O2. The van der Waals surface area contributed by atoms with Crippen molar-refractivity contribution in [2.45, 2.75) is 19.4 Å². The van der Waals surface area contributed by atoms with Crippen LogP contribution in [0.15, 0.2) is 30.3 Å². The van der Waals surface area contributed by atoms with E-state index in [-0.39, 0.29) is 12.5 Å². The molecule has 1 aromatic rings. The van der Waals surface area contributed by atoms with E-state index in [9.17, 15) is 9.90 Å². The molecule has 0 spiro atoms. The van der Waals surface area contributed by atoms with Gasteiger partial charge in [-0.1, -0.05) is 30.3 Å². The summed E-state index contributed by atoms with van der Waals surface area (Å²) in [5.74, 6) is -0.0442. The van der Waals surface area contributed by atoms with E-state index in [1.54, 1.807) is 0 Å². The van der Waals surface area contributed by atoms with E-state index in [1.807, 2.05) is 37.3 Å². The van der Waals surface area contributed by atoms with Gasteiger partial charge in [-0.25, -0.2) is 0 Å². The van der Waals surface area contributed by atoms with Gasteiger partial charge in [0.2, 0.25) is 5.91 Å². The molecule has 0 saturated carbocycles. The van der Waals surface area contributed by atoms with E-state index < -0.39 is 5.54 Å². The third kappa shape index (κ3) is 4.17. The van der Waals surface area contributed by atoms with Crippen LogP contribution in [-0.2, 0) is 10.3 Å². The van der Waals surface area contributed by atoms with E-state index in [0.29, 0.717) is 13.1 Å². The summed E-state index contributed by atoms with van der Waals surface area (Å²) >= 11 is 0. The molecule has 1 amide bonds. The molecule has 0 aliphatic heterocycles. The highest BCUT2D eigenvalue weighted by Crippen LogP contribution is 2.19. The van der Waals surface area contributed by atoms with E-state index in [2.05, 4.69) is 10.6 Å². The Balaban J connectivity index is 2.54. The molecule has 0 radical (unpaired) electrons. The number of hydrogen-bond acceptors (Lipinski definition) is 3. The fraction of sp³-hybridized carbons (Fsp3) is 0.462. The van der Waals surface area contributed by atoms with E-state index in [0.717, 1.165) is 5.56 Å². The zero-order valence-corrected chi connectivity index (χ0v) is 10.4. The molecular weight excluding hydrogens is 216 g/mol. The van der Waals surface area contributed by atoms with Crippen LogP contribution in [0.1, 0.15) is 19.4 Å². The molecule has 1 rings (SSSR count). The summed E-state index contributed by atoms with van der Waals surface area (Å²) in [4.78, 5) is 10.7. The first kappa shape index (κ1) is 13.7. The molecule has 0 aromatic heterocycles. The second kappa shape index (κ2) is 6.37. The van der Waals surface area contributed by atoms with Gasteiger partial charge >= 0.3 is 0 Å². The molecule has 0 aliphatic carbocycles. The summed E-state index contributed by atoms with van der Waals surface area (Å²) in [5.41, 5.74) is 0.560. The van der Waals surface area contributed by atoms with Crippen molar-refractivity contribution in [2.24, 2.45) is 0 Å². The van der Waals surface area contributed by atoms with Crippen molar-refractivity contribution in [3.05, 3.63) is 35.9 Å². The van der Waals surface area contributed by atoms with Gasteiger partial charge < -0.3 is 15.7 Å². The van der Waals surface area contributed by atoms with Crippen LogP contribution in [0.3, 0.4) is 0 Å². The summed E-state index contributed by atoms with van der Waals surface area (Å²) in [6, 6.07) is 9.78. The van der Waals surface area contributed by atoms with Crippen LogP contribution < -0.4 is 10.6 Å². The minimum Gasteiger partial charge on any atom is -0.394 e. The molecule has 4 heteroatoms. The van der Waals surface area contributed by atoms with Gasteiger partial charge in [-0.15, -0.1) is 0 Å². The van der Waals surface area contributed by atoms with Crippen molar-refractivity contribution in [1.82, 2.24) is 10.6 Å². The highest BCUT2D eigenvalue weighted by molar-refractivity contribution is 5.72. The van der Waals surface area contributed by atoms with Crippen molar-refractivity contribution >= 4 is 5.91 Å². The maximum atomic E-state index is 10.7. The van der Waals surface area contributed by atoms with E-state index >= 15 is 0 Å². The molecule has 1 aromatic carbocycles. The lowest BCUT2D eigenvalue weighted by Gasteiger charge is -2.29. The summed E-state index contributed by atoms with van der Waals surface area (Å²) in [5, 5.41) is 15.5. The number of hydrogen-bond donors (Lipinski definition) is 3. The lowest BCUT2D eigenvalue weighted by atomic mass is 9.93. The predicted molar refractivity (Wildman–Crippen MR) is 67.6 cm³/mol. The van der Waals surface area contributed by atoms with Crippen molar-refractivity contribution in [1.29, 1.82) is 0 Å². The number of aliphatic hydroxyl groups is 1. The van der Waals surface area contributed by atoms with E-state index in [4.69, 9.17) is 0 Å². The van der Waals surface area contributed by atoms with Crippen LogP contribution in [0.4, 0.5) is 0 Å². The zero-order valence-electron chi connectivity index (χ0n) is 10.4. The van der Waals surface area contributed by atoms with Gasteiger partial charge in [0.15, 0.2) is 0 Å². The quantitative estimate of drug-likeness (QED) is 0.635. The smallest absolute Gasteiger partial charge is 0.216 e. The lowest BCUT2D eigenvalue weighted by molar-refractivity contribution is -0.118. The number of amides is 1. The van der Waals surface area contributed by atoms with Crippen LogP contribution >= 0.6 is 0 Å². The number of rotatable bonds is 6. The van der Waals surface area contributed by atoms with Crippen molar-refractivity contribution in [3.63, 3.8) is 0 Å².